The van der Waals surface area contributed by atoms with E-state index in [1.54, 1.807) is 7.11 Å². The number of hydrogen-bond donors (Lipinski definition) is 2. The molecule has 0 aliphatic heterocycles. The van der Waals surface area contributed by atoms with Crippen molar-refractivity contribution < 1.29 is 31.3 Å². The van der Waals surface area contributed by atoms with Gasteiger partial charge in [-0.05, 0) is 0 Å². The normalized spacial score (nSPS) is 31.5. The molecule has 2 rings (SSSR count). The monoisotopic (exact) mass is 354 g/mol. The molecule has 4 atom stereocenters. The molecule has 2 unspecified atom stereocenters. The number of aliphatic hydroxyl groups excluding tert-OH is 1. The van der Waals surface area contributed by atoms with E-state index in [1.165, 1.54) is 23.7 Å². The van der Waals surface area contributed by atoms with Crippen molar-refractivity contribution in [1.29, 1.82) is 0 Å². The molecule has 2 fully saturated rings. The quantitative estimate of drug-likeness (QED) is 0.298. The van der Waals surface area contributed by atoms with Crippen LogP contribution in [0.4, 0.5) is 0 Å². The summed E-state index contributed by atoms with van der Waals surface area (Å²) in [5.41, 5.74) is 0. The molecule has 0 radical (unpaired) electrons. The van der Waals surface area contributed by atoms with E-state index in [1.807, 2.05) is 0 Å². The number of rotatable bonds is 9. The molecule has 0 aromatic rings. The van der Waals surface area contributed by atoms with Gasteiger partial charge in [-0.25, -0.2) is 0 Å². The van der Waals surface area contributed by atoms with Crippen molar-refractivity contribution >= 4 is 0 Å². The Hall–Kier alpha value is 0.610. The van der Waals surface area contributed by atoms with Gasteiger partial charge in [0.15, 0.2) is 0 Å². The molecule has 0 amide bonds. The number of halogens is 1. The second kappa shape index (κ2) is 6.68. The Morgan fingerprint density at radius 3 is 2.88 bits per heavy atom. The predicted molar refractivity (Wildman–Crippen MR) is 64.3 cm³/mol. The molecule has 0 aromatic heterocycles. The van der Waals surface area contributed by atoms with Crippen LogP contribution in [0.1, 0.15) is 32.6 Å². The van der Waals surface area contributed by atoms with Gasteiger partial charge in [-0.3, -0.25) is 0 Å². The summed E-state index contributed by atoms with van der Waals surface area (Å²) in [6, 6.07) is 0.487. The molecule has 17 heavy (non-hydrogen) atoms. The summed E-state index contributed by atoms with van der Waals surface area (Å²) >= 11 is 0.0950. The van der Waals surface area contributed by atoms with Gasteiger partial charge in [0.25, 0.3) is 0 Å². The summed E-state index contributed by atoms with van der Waals surface area (Å²) in [5, 5.41) is 10.0. The Labute approximate surface area is 115 Å². The van der Waals surface area contributed by atoms with Crippen LogP contribution in [0.5, 0.6) is 0 Å². The van der Waals surface area contributed by atoms with Crippen LogP contribution in [0.3, 0.4) is 0 Å². The van der Waals surface area contributed by atoms with Crippen LogP contribution < -0.4 is 25.0 Å². The third-order valence-corrected chi connectivity index (χ3v) is 6.77. The fourth-order valence-corrected chi connectivity index (χ4v) is 5.11. The number of alkyl halides is 1. The molecule has 4 heteroatoms. The molecule has 0 saturated heterocycles. The zero-order chi connectivity index (χ0) is 12.3. The van der Waals surface area contributed by atoms with Crippen molar-refractivity contribution in [2.24, 2.45) is 17.8 Å². The Morgan fingerprint density at radius 1 is 1.47 bits per heavy atom. The summed E-state index contributed by atoms with van der Waals surface area (Å²) in [6.07, 6.45) is 5.07. The molecule has 0 aromatic carbocycles. The third-order valence-electron chi connectivity index (χ3n) is 3.70. The zero-order valence-electron chi connectivity index (χ0n) is 10.9. The van der Waals surface area contributed by atoms with E-state index < -0.39 is 0 Å². The molecule has 2 aliphatic rings. The molecule has 2 N–H and O–H groups in total. The van der Waals surface area contributed by atoms with Crippen LogP contribution in [0.15, 0.2) is 0 Å². The Morgan fingerprint density at radius 2 is 2.24 bits per heavy atom. The molecule has 3 nitrogen and oxygen atoms in total. The second-order valence-corrected chi connectivity index (χ2v) is 7.93. The van der Waals surface area contributed by atoms with Gasteiger partial charge in [-0.2, -0.15) is 0 Å². The average molecular weight is 354 g/mol. The maximum absolute atomic E-state index is 10.0. The first-order chi connectivity index (χ1) is 8.20. The first kappa shape index (κ1) is 14.0. The number of aliphatic hydroxyl groups is 1. The minimum absolute atomic E-state index is 0.00732. The summed E-state index contributed by atoms with van der Waals surface area (Å²) < 4.78 is 9.99. The van der Waals surface area contributed by atoms with E-state index in [2.05, 4.69) is 10.5 Å². The van der Waals surface area contributed by atoms with Crippen molar-refractivity contribution in [3.63, 3.8) is 0 Å². The van der Waals surface area contributed by atoms with Gasteiger partial charge in [0.1, 0.15) is 0 Å². The van der Waals surface area contributed by atoms with E-state index in [0.29, 0.717) is 12.0 Å². The van der Waals surface area contributed by atoms with Crippen molar-refractivity contribution in [2.45, 2.75) is 44.8 Å². The van der Waals surface area contributed by atoms with Crippen LogP contribution in [-0.4, -0.2) is 35.4 Å². The van der Waals surface area contributed by atoms with Gasteiger partial charge in [-0.15, -0.1) is 0 Å². The number of methoxy groups -OCH3 is 1. The summed E-state index contributed by atoms with van der Waals surface area (Å²) in [5.74, 6) is 2.31. The van der Waals surface area contributed by atoms with Gasteiger partial charge < -0.3 is 0 Å². The first-order valence-electron chi connectivity index (χ1n) is 6.71. The van der Waals surface area contributed by atoms with Gasteiger partial charge in [0.2, 0.25) is 0 Å². The van der Waals surface area contributed by atoms with Crippen LogP contribution in [0.25, 0.3) is 0 Å². The maximum atomic E-state index is 10.0. The Balaban J connectivity index is 1.50. The molecular formula is C13H25INO2-. The standard InChI is InChI=1S/C13H25INO2/c1-9(8-17-2)15-14-7-11-6-12(11)13(16)5-10-3-4-10/h9-13,15-16H,3-8H2,1-2H3/q-1/t9-,11?,12-,13?/m1/s1. The number of nitrogens with one attached hydrogen (secondary N) is 1. The second-order valence-electron chi connectivity index (χ2n) is 5.66. The average Bonchev–Trinajstić information content (AvgIpc) is 3.12. The van der Waals surface area contributed by atoms with Gasteiger partial charge in [0.05, 0.1) is 0 Å². The molecule has 102 valence electrons. The van der Waals surface area contributed by atoms with E-state index in [9.17, 15) is 5.11 Å². The summed E-state index contributed by atoms with van der Waals surface area (Å²) in [7, 11) is 1.75. The first-order valence-corrected chi connectivity index (χ1v) is 9.31. The van der Waals surface area contributed by atoms with Gasteiger partial charge >= 0.3 is 116 Å². The molecule has 0 heterocycles. The summed E-state index contributed by atoms with van der Waals surface area (Å²) in [6.45, 7) is 2.98. The number of hydrogen-bond acceptors (Lipinski definition) is 3. The van der Waals surface area contributed by atoms with E-state index in [4.69, 9.17) is 4.74 Å². The summed E-state index contributed by atoms with van der Waals surface area (Å²) in [4.78, 5) is 0. The van der Waals surface area contributed by atoms with E-state index >= 15 is 0 Å². The molecule has 2 aliphatic carbocycles. The fraction of sp³-hybridized carbons (Fsp3) is 1.00. The van der Waals surface area contributed by atoms with Crippen molar-refractivity contribution in [3.8, 4) is 0 Å². The Kier molecular flexibility index (Phi) is 5.51. The molecule has 0 spiro atoms. The van der Waals surface area contributed by atoms with Crippen molar-refractivity contribution in [1.82, 2.24) is 3.53 Å². The van der Waals surface area contributed by atoms with Crippen LogP contribution in [0.2, 0.25) is 0 Å². The van der Waals surface area contributed by atoms with Crippen molar-refractivity contribution in [2.75, 3.05) is 18.1 Å². The SMILES string of the molecule is COC[C@@H](C)N[I-]CC1C[C@H]1C(O)CC1CC1. The van der Waals surface area contributed by atoms with Gasteiger partial charge in [-0.1, -0.05) is 0 Å². The van der Waals surface area contributed by atoms with Crippen LogP contribution in [0, 0.1) is 17.8 Å². The number of ether oxygens (including phenoxy) is 1. The zero-order valence-corrected chi connectivity index (χ0v) is 13.0. The van der Waals surface area contributed by atoms with Gasteiger partial charge in [0, 0.05) is 0 Å². The van der Waals surface area contributed by atoms with Crippen LogP contribution in [-0.2, 0) is 4.74 Å². The third kappa shape index (κ3) is 5.01. The Bertz CT molecular complexity index is 235. The fourth-order valence-electron chi connectivity index (χ4n) is 2.35. The van der Waals surface area contributed by atoms with Crippen LogP contribution >= 0.6 is 0 Å². The van der Waals surface area contributed by atoms with E-state index in [-0.39, 0.29) is 27.6 Å². The molecular weight excluding hydrogens is 329 g/mol. The minimum atomic E-state index is 0.00732. The predicted octanol–water partition coefficient (Wildman–Crippen LogP) is -1.59. The molecule has 2 saturated carbocycles. The topological polar surface area (TPSA) is 41.5 Å². The van der Waals surface area contributed by atoms with Crippen molar-refractivity contribution in [3.05, 3.63) is 0 Å². The van der Waals surface area contributed by atoms with E-state index in [0.717, 1.165) is 24.9 Å². The molecule has 0 bridgehead atoms.